The molecule has 1 rings (SSSR count). The second-order valence-corrected chi connectivity index (χ2v) is 2.43. The van der Waals surface area contributed by atoms with E-state index in [1.54, 1.807) is 0 Å². The Labute approximate surface area is 55.5 Å². The van der Waals surface area contributed by atoms with Gasteiger partial charge in [0.2, 0.25) is 0 Å². The van der Waals surface area contributed by atoms with Crippen molar-refractivity contribution in [3.8, 4) is 0 Å². The molecule has 0 spiro atoms. The Morgan fingerprint density at radius 2 is 2.44 bits per heavy atom. The molecule has 4 nitrogen and oxygen atoms in total. The van der Waals surface area contributed by atoms with Gasteiger partial charge in [-0.15, -0.1) is 0 Å². The smallest absolute Gasteiger partial charge is 0.274 e. The van der Waals surface area contributed by atoms with Crippen LogP contribution < -0.4 is 5.73 Å². The molecule has 0 saturated heterocycles. The Kier molecular flexibility index (Phi) is 1.52. The third-order valence-electron chi connectivity index (χ3n) is 0.769. The standard InChI is InChI=1S/C4H4N2O2S/c5-3(8)4-6-2(7)1-9-4/h1H2,(H2,5,8). The zero-order valence-electron chi connectivity index (χ0n) is 4.46. The average Bonchev–Trinajstić information content (AvgIpc) is 2.14. The number of carbonyl (C=O) groups is 2. The highest BCUT2D eigenvalue weighted by molar-refractivity contribution is 8.16. The number of hydrogen-bond donors (Lipinski definition) is 1. The van der Waals surface area contributed by atoms with Crippen molar-refractivity contribution < 1.29 is 9.59 Å². The maximum atomic E-state index is 10.3. The van der Waals surface area contributed by atoms with E-state index in [2.05, 4.69) is 4.99 Å². The molecule has 0 atom stereocenters. The van der Waals surface area contributed by atoms with Crippen LogP contribution in [0.5, 0.6) is 0 Å². The summed E-state index contributed by atoms with van der Waals surface area (Å²) in [6, 6.07) is 0. The SMILES string of the molecule is NC(=O)C1=NC(=O)CS1. The van der Waals surface area contributed by atoms with Gasteiger partial charge in [-0.1, -0.05) is 11.8 Å². The molecule has 0 saturated carbocycles. The quantitative estimate of drug-likeness (QED) is 0.520. The predicted octanol–water partition coefficient (Wildman–Crippen LogP) is -0.856. The summed E-state index contributed by atoms with van der Waals surface area (Å²) in [5.41, 5.74) is 4.82. The third-order valence-corrected chi connectivity index (χ3v) is 1.73. The number of rotatable bonds is 1. The Bertz CT molecular complexity index is 199. The lowest BCUT2D eigenvalue weighted by atomic mass is 10.6. The van der Waals surface area contributed by atoms with Gasteiger partial charge in [0, 0.05) is 0 Å². The van der Waals surface area contributed by atoms with E-state index in [0.29, 0.717) is 0 Å². The molecule has 0 bridgehead atoms. The number of carbonyl (C=O) groups excluding carboxylic acids is 2. The van der Waals surface area contributed by atoms with Crippen LogP contribution in [0, 0.1) is 0 Å². The summed E-state index contributed by atoms with van der Waals surface area (Å²) >= 11 is 1.08. The first-order valence-corrected chi connectivity index (χ1v) is 3.23. The maximum Gasteiger partial charge on any atom is 0.274 e. The van der Waals surface area contributed by atoms with Crippen LogP contribution in [-0.4, -0.2) is 22.6 Å². The van der Waals surface area contributed by atoms with E-state index < -0.39 is 5.91 Å². The zero-order chi connectivity index (χ0) is 6.85. The van der Waals surface area contributed by atoms with Crippen molar-refractivity contribution in [3.05, 3.63) is 0 Å². The first-order chi connectivity index (χ1) is 4.20. The first-order valence-electron chi connectivity index (χ1n) is 2.24. The molecule has 2 amide bonds. The summed E-state index contributed by atoms with van der Waals surface area (Å²) < 4.78 is 0. The van der Waals surface area contributed by atoms with Gasteiger partial charge >= 0.3 is 0 Å². The van der Waals surface area contributed by atoms with E-state index in [0.717, 1.165) is 11.8 Å². The van der Waals surface area contributed by atoms with Crippen molar-refractivity contribution in [2.45, 2.75) is 0 Å². The van der Waals surface area contributed by atoms with E-state index in [9.17, 15) is 9.59 Å². The summed E-state index contributed by atoms with van der Waals surface area (Å²) in [6.07, 6.45) is 0. The number of amides is 2. The van der Waals surface area contributed by atoms with Crippen molar-refractivity contribution in [1.82, 2.24) is 0 Å². The molecule has 5 heteroatoms. The van der Waals surface area contributed by atoms with Crippen molar-refractivity contribution in [1.29, 1.82) is 0 Å². The normalized spacial score (nSPS) is 17.8. The summed E-state index contributed by atoms with van der Waals surface area (Å²) in [5.74, 6) is -0.655. The second-order valence-electron chi connectivity index (χ2n) is 1.46. The number of nitrogens with zero attached hydrogens (tertiary/aromatic N) is 1. The Morgan fingerprint density at radius 1 is 1.78 bits per heavy atom. The fraction of sp³-hybridized carbons (Fsp3) is 0.250. The highest BCUT2D eigenvalue weighted by Crippen LogP contribution is 2.11. The summed E-state index contributed by atoms with van der Waals surface area (Å²) in [5, 5.41) is 0.125. The number of primary amides is 1. The molecule has 48 valence electrons. The van der Waals surface area contributed by atoms with E-state index in [-0.39, 0.29) is 16.7 Å². The Morgan fingerprint density at radius 3 is 2.67 bits per heavy atom. The lowest BCUT2D eigenvalue weighted by Gasteiger charge is -1.84. The van der Waals surface area contributed by atoms with Crippen molar-refractivity contribution >= 4 is 28.6 Å². The van der Waals surface area contributed by atoms with E-state index >= 15 is 0 Å². The fourth-order valence-electron chi connectivity index (χ4n) is 0.434. The molecule has 2 N–H and O–H groups in total. The molecule has 0 aromatic heterocycles. The summed E-state index contributed by atoms with van der Waals surface area (Å²) in [4.78, 5) is 24.0. The third kappa shape index (κ3) is 1.29. The molecule has 0 unspecified atom stereocenters. The van der Waals surface area contributed by atoms with Gasteiger partial charge in [0.05, 0.1) is 5.75 Å². The van der Waals surface area contributed by atoms with Crippen molar-refractivity contribution in [2.24, 2.45) is 10.7 Å². The monoisotopic (exact) mass is 144 g/mol. The summed E-state index contributed by atoms with van der Waals surface area (Å²) in [7, 11) is 0. The molecule has 0 aromatic carbocycles. The van der Waals surface area contributed by atoms with Crippen LogP contribution in [0.25, 0.3) is 0 Å². The largest absolute Gasteiger partial charge is 0.364 e. The molecule has 0 radical (unpaired) electrons. The molecular weight excluding hydrogens is 140 g/mol. The fourth-order valence-corrected chi connectivity index (χ4v) is 1.07. The van der Waals surface area contributed by atoms with Gasteiger partial charge in [0.1, 0.15) is 0 Å². The summed E-state index contributed by atoms with van der Waals surface area (Å²) in [6.45, 7) is 0. The lowest BCUT2D eigenvalue weighted by molar-refractivity contribution is -0.116. The van der Waals surface area contributed by atoms with Crippen LogP contribution in [0.4, 0.5) is 0 Å². The van der Waals surface area contributed by atoms with E-state index in [1.165, 1.54) is 0 Å². The molecular formula is C4H4N2O2S. The van der Waals surface area contributed by atoms with Gasteiger partial charge in [-0.2, -0.15) is 0 Å². The predicted molar refractivity (Wildman–Crippen MR) is 34.1 cm³/mol. The van der Waals surface area contributed by atoms with Crippen LogP contribution in [0.1, 0.15) is 0 Å². The van der Waals surface area contributed by atoms with Gasteiger partial charge < -0.3 is 5.73 Å². The maximum absolute atomic E-state index is 10.3. The van der Waals surface area contributed by atoms with Crippen LogP contribution in [0.2, 0.25) is 0 Å². The van der Waals surface area contributed by atoms with E-state index in [4.69, 9.17) is 5.73 Å². The number of thioether (sulfide) groups is 1. The molecule has 1 aliphatic heterocycles. The Hall–Kier alpha value is -0.840. The minimum Gasteiger partial charge on any atom is -0.364 e. The highest BCUT2D eigenvalue weighted by Gasteiger charge is 2.18. The number of aliphatic imine (C=N–C) groups is 1. The molecule has 1 heterocycles. The van der Waals surface area contributed by atoms with Gasteiger partial charge in [0.25, 0.3) is 11.8 Å². The molecule has 0 aromatic rings. The van der Waals surface area contributed by atoms with Crippen LogP contribution in [0.3, 0.4) is 0 Å². The van der Waals surface area contributed by atoms with Crippen LogP contribution >= 0.6 is 11.8 Å². The average molecular weight is 144 g/mol. The molecule has 0 aliphatic carbocycles. The van der Waals surface area contributed by atoms with Crippen LogP contribution in [-0.2, 0) is 9.59 Å². The van der Waals surface area contributed by atoms with Crippen LogP contribution in [0.15, 0.2) is 4.99 Å². The topological polar surface area (TPSA) is 72.5 Å². The Balaban J connectivity index is 2.74. The van der Waals surface area contributed by atoms with Gasteiger partial charge in [-0.3, -0.25) is 9.59 Å². The van der Waals surface area contributed by atoms with Gasteiger partial charge in [0.15, 0.2) is 5.04 Å². The molecule has 1 aliphatic rings. The van der Waals surface area contributed by atoms with Crippen molar-refractivity contribution in [3.63, 3.8) is 0 Å². The zero-order valence-corrected chi connectivity index (χ0v) is 5.27. The second kappa shape index (κ2) is 2.18. The van der Waals surface area contributed by atoms with Gasteiger partial charge in [-0.05, 0) is 0 Å². The number of hydrogen-bond acceptors (Lipinski definition) is 3. The van der Waals surface area contributed by atoms with Gasteiger partial charge in [-0.25, -0.2) is 4.99 Å². The van der Waals surface area contributed by atoms with Crippen molar-refractivity contribution in [2.75, 3.05) is 5.75 Å². The number of nitrogens with two attached hydrogens (primary N) is 1. The lowest BCUT2D eigenvalue weighted by Crippen LogP contribution is -2.18. The molecule has 0 fully saturated rings. The first kappa shape index (κ1) is 6.28. The van der Waals surface area contributed by atoms with E-state index in [1.807, 2.05) is 0 Å². The highest BCUT2D eigenvalue weighted by atomic mass is 32.2. The molecule has 9 heavy (non-hydrogen) atoms. The minimum absolute atomic E-state index is 0.125. The minimum atomic E-state index is -0.620.